The van der Waals surface area contributed by atoms with Crippen molar-refractivity contribution in [3.63, 3.8) is 0 Å². The number of nitrogens with zero attached hydrogens (tertiary/aromatic N) is 4. The summed E-state index contributed by atoms with van der Waals surface area (Å²) in [7, 11) is 1.26. The van der Waals surface area contributed by atoms with Crippen molar-refractivity contribution in [2.75, 3.05) is 25.1 Å². The van der Waals surface area contributed by atoms with Gasteiger partial charge in [0.25, 0.3) is 5.91 Å². The molecule has 3 heterocycles. The van der Waals surface area contributed by atoms with Crippen molar-refractivity contribution in [2.45, 2.75) is 45.3 Å². The second kappa shape index (κ2) is 10.3. The molecule has 0 bridgehead atoms. The molecule has 2 aliphatic rings. The highest BCUT2D eigenvalue weighted by atomic mass is 35.5. The number of likely N-dealkylation sites (tertiary alicyclic amines) is 1. The normalized spacial score (nSPS) is 18.3. The number of carboxylic acid groups (broad SMARTS) is 1. The lowest BCUT2D eigenvalue weighted by molar-refractivity contribution is -0.141. The lowest BCUT2D eigenvalue weighted by Crippen LogP contribution is -2.51. The van der Waals surface area contributed by atoms with Gasteiger partial charge in [-0.05, 0) is 56.4 Å². The van der Waals surface area contributed by atoms with Crippen LogP contribution in [-0.2, 0) is 4.79 Å². The number of aliphatic carboxylic acids is 1. The zero-order valence-electron chi connectivity index (χ0n) is 20.8. The topological polar surface area (TPSA) is 95.7 Å². The van der Waals surface area contributed by atoms with Crippen molar-refractivity contribution in [3.8, 4) is 0 Å². The Labute approximate surface area is 226 Å². The molecule has 0 radical (unpaired) electrons. The second-order valence-electron chi connectivity index (χ2n) is 9.54. The monoisotopic (exact) mass is 572 g/mol. The molecule has 4 rings (SSSR count). The van der Waals surface area contributed by atoms with Gasteiger partial charge in [-0.2, -0.15) is 13.2 Å². The van der Waals surface area contributed by atoms with E-state index in [0.717, 1.165) is 11.1 Å². The maximum absolute atomic E-state index is 13.6. The number of rotatable bonds is 5. The maximum Gasteiger partial charge on any atom is 0.413 e. The first-order valence-corrected chi connectivity index (χ1v) is 12.6. The molecule has 204 valence electrons. The van der Waals surface area contributed by atoms with Gasteiger partial charge in [0, 0.05) is 26.6 Å². The molecule has 1 amide bonds. The van der Waals surface area contributed by atoms with Crippen LogP contribution < -0.4 is 5.01 Å². The Morgan fingerprint density at radius 3 is 2.34 bits per heavy atom. The van der Waals surface area contributed by atoms with E-state index in [1.807, 2.05) is 0 Å². The number of halogens is 5. The highest BCUT2D eigenvalue weighted by Gasteiger charge is 2.45. The summed E-state index contributed by atoms with van der Waals surface area (Å²) in [6.45, 7) is 3.63. The molecule has 13 heteroatoms. The Bertz CT molecular complexity index is 1350. The first-order chi connectivity index (χ1) is 17.7. The summed E-state index contributed by atoms with van der Waals surface area (Å²) in [6, 6.07) is 0.874. The Balaban J connectivity index is 1.66. The molecule has 8 nitrogen and oxygen atoms in total. The van der Waals surface area contributed by atoms with Crippen LogP contribution in [0.1, 0.15) is 64.1 Å². The third-order valence-electron chi connectivity index (χ3n) is 7.02. The van der Waals surface area contributed by atoms with E-state index < -0.39 is 29.9 Å². The quantitative estimate of drug-likeness (QED) is 0.508. The molecule has 0 aliphatic carbocycles. The summed E-state index contributed by atoms with van der Waals surface area (Å²) in [5.74, 6) is -1.89. The molecular weight excluding hydrogens is 548 g/mol. The van der Waals surface area contributed by atoms with Gasteiger partial charge in [-0.3, -0.25) is 19.4 Å². The average molecular weight is 573 g/mol. The number of imidazole rings is 1. The van der Waals surface area contributed by atoms with Crippen molar-refractivity contribution in [1.82, 2.24) is 14.6 Å². The van der Waals surface area contributed by atoms with E-state index in [1.54, 1.807) is 4.90 Å². The van der Waals surface area contributed by atoms with Gasteiger partial charge in [0.1, 0.15) is 5.69 Å². The molecule has 0 saturated carbocycles. The molecule has 1 aromatic carbocycles. The van der Waals surface area contributed by atoms with Crippen LogP contribution in [-0.4, -0.2) is 69.7 Å². The predicted molar refractivity (Wildman–Crippen MR) is 135 cm³/mol. The van der Waals surface area contributed by atoms with Crippen LogP contribution in [0.25, 0.3) is 5.57 Å². The highest BCUT2D eigenvalue weighted by Crippen LogP contribution is 2.36. The van der Waals surface area contributed by atoms with Crippen molar-refractivity contribution in [3.05, 3.63) is 56.6 Å². The van der Waals surface area contributed by atoms with Crippen LogP contribution in [0.4, 0.5) is 13.2 Å². The number of hydrogen-bond acceptors (Lipinski definition) is 5. The Kier molecular flexibility index (Phi) is 7.55. The SMILES string of the molecule is CC1=CC(C(F)(F)F)N(C)n2c1nc(C(=O)c1c(Cl)ccc(C(=O)N3CCC(CC(=O)O)CC3)c1Cl)c2C. The van der Waals surface area contributed by atoms with E-state index in [0.29, 0.717) is 25.9 Å². The number of alkyl halides is 3. The average Bonchev–Trinajstić information content (AvgIpc) is 3.18. The van der Waals surface area contributed by atoms with E-state index in [2.05, 4.69) is 4.98 Å². The van der Waals surface area contributed by atoms with E-state index in [9.17, 15) is 27.6 Å². The van der Waals surface area contributed by atoms with E-state index in [-0.39, 0.29) is 56.3 Å². The van der Waals surface area contributed by atoms with Crippen LogP contribution in [0.15, 0.2) is 18.2 Å². The number of ketones is 1. The van der Waals surface area contributed by atoms with Crippen LogP contribution in [0.5, 0.6) is 0 Å². The number of amides is 1. The van der Waals surface area contributed by atoms with Crippen LogP contribution in [0, 0.1) is 12.8 Å². The number of aromatic nitrogens is 2. The lowest BCUT2D eigenvalue weighted by atomic mass is 9.93. The highest BCUT2D eigenvalue weighted by molar-refractivity contribution is 6.42. The summed E-state index contributed by atoms with van der Waals surface area (Å²) in [5.41, 5.74) is 0.155. The third kappa shape index (κ3) is 5.01. The largest absolute Gasteiger partial charge is 0.481 e. The van der Waals surface area contributed by atoms with Crippen molar-refractivity contribution < 1.29 is 32.7 Å². The minimum Gasteiger partial charge on any atom is -0.481 e. The number of carboxylic acids is 1. The van der Waals surface area contributed by atoms with Gasteiger partial charge in [-0.1, -0.05) is 23.2 Å². The van der Waals surface area contributed by atoms with E-state index in [4.69, 9.17) is 28.3 Å². The van der Waals surface area contributed by atoms with Gasteiger partial charge < -0.3 is 10.0 Å². The second-order valence-corrected chi connectivity index (χ2v) is 10.3. The Hall–Kier alpha value is -3.05. The lowest BCUT2D eigenvalue weighted by Gasteiger charge is -2.35. The van der Waals surface area contributed by atoms with Crippen LogP contribution in [0.3, 0.4) is 0 Å². The van der Waals surface area contributed by atoms with Crippen molar-refractivity contribution in [2.24, 2.45) is 5.92 Å². The molecule has 1 saturated heterocycles. The first-order valence-electron chi connectivity index (χ1n) is 11.8. The van der Waals surface area contributed by atoms with Gasteiger partial charge >= 0.3 is 12.1 Å². The predicted octanol–water partition coefficient (Wildman–Crippen LogP) is 4.97. The number of benzene rings is 1. The maximum atomic E-state index is 13.6. The van der Waals surface area contributed by atoms with Gasteiger partial charge in [-0.25, -0.2) is 9.66 Å². The number of piperidine rings is 1. The zero-order valence-corrected chi connectivity index (χ0v) is 22.3. The van der Waals surface area contributed by atoms with Gasteiger partial charge in [0.2, 0.25) is 5.78 Å². The van der Waals surface area contributed by atoms with Crippen LogP contribution >= 0.6 is 23.2 Å². The molecule has 1 aromatic heterocycles. The molecule has 1 unspecified atom stereocenters. The molecule has 38 heavy (non-hydrogen) atoms. The third-order valence-corrected chi connectivity index (χ3v) is 7.73. The Morgan fingerprint density at radius 2 is 1.76 bits per heavy atom. The minimum atomic E-state index is -4.54. The molecule has 2 aromatic rings. The smallest absolute Gasteiger partial charge is 0.413 e. The zero-order chi connectivity index (χ0) is 28.1. The van der Waals surface area contributed by atoms with Crippen molar-refractivity contribution >= 4 is 46.4 Å². The Morgan fingerprint density at radius 1 is 1.13 bits per heavy atom. The fourth-order valence-electron chi connectivity index (χ4n) is 5.00. The number of fused-ring (bicyclic) bond motifs is 1. The number of allylic oxidation sites excluding steroid dienone is 1. The standard InChI is InChI=1S/C25H25Cl2F3N4O4/c1-12-10-17(25(28,29)30)32(3)34-13(2)21(31-23(12)34)22(37)19-16(26)5-4-15(20(19)27)24(38)33-8-6-14(7-9-33)11-18(35)36/h4-5,10,14,17H,6-9,11H2,1-3H3,(H,35,36). The molecule has 2 aliphatic heterocycles. The number of carbonyl (C=O) groups excluding carboxylic acids is 2. The van der Waals surface area contributed by atoms with E-state index >= 15 is 0 Å². The van der Waals surface area contributed by atoms with E-state index in [1.165, 1.54) is 37.7 Å². The molecule has 0 spiro atoms. The summed E-state index contributed by atoms with van der Waals surface area (Å²) in [6.07, 6.45) is -2.43. The molecule has 1 N–H and O–H groups in total. The fourth-order valence-corrected chi connectivity index (χ4v) is 5.62. The van der Waals surface area contributed by atoms with Gasteiger partial charge in [-0.15, -0.1) is 0 Å². The fraction of sp³-hybridized carbons (Fsp3) is 0.440. The number of likely N-dealkylation sites (N-methyl/N-ethyl adjacent to an activating group) is 1. The summed E-state index contributed by atoms with van der Waals surface area (Å²) < 4.78 is 42.0. The molecule has 1 fully saturated rings. The first kappa shape index (κ1) is 28.0. The molecule has 1 atom stereocenters. The van der Waals surface area contributed by atoms with Crippen LogP contribution in [0.2, 0.25) is 10.0 Å². The summed E-state index contributed by atoms with van der Waals surface area (Å²) in [5, 5.41) is 9.75. The van der Waals surface area contributed by atoms with Gasteiger partial charge in [0.05, 0.1) is 26.9 Å². The van der Waals surface area contributed by atoms with Gasteiger partial charge in [0.15, 0.2) is 11.9 Å². The van der Waals surface area contributed by atoms with Crippen molar-refractivity contribution in [1.29, 1.82) is 0 Å². The number of hydrogen-bond donors (Lipinski definition) is 1. The minimum absolute atomic E-state index is 0.0307. The summed E-state index contributed by atoms with van der Waals surface area (Å²) in [4.78, 5) is 43.7. The summed E-state index contributed by atoms with van der Waals surface area (Å²) >= 11 is 12.9. The molecular formula is C25H25Cl2F3N4O4. The number of carbonyl (C=O) groups is 3.